The molecule has 0 aromatic heterocycles. The van der Waals surface area contributed by atoms with Crippen molar-refractivity contribution in [1.29, 1.82) is 0 Å². The maximum atomic E-state index is 5.45. The molecule has 2 aliphatic rings. The summed E-state index contributed by atoms with van der Waals surface area (Å²) in [4.78, 5) is 9.46. The molecular weight excluding hydrogens is 350 g/mol. The van der Waals surface area contributed by atoms with E-state index in [0.717, 1.165) is 37.9 Å². The van der Waals surface area contributed by atoms with Gasteiger partial charge in [-0.2, -0.15) is 0 Å². The standard InChI is InChI=1S/C22H37N5O/c1-23-22(24-15-18-8-7-11-26(2)17-18)25-16-21(27-12-4-5-13-27)19-9-6-10-20(14-19)28-3/h6,9-10,14,18,21H,4-5,7-8,11-13,15-17H2,1-3H3,(H2,23,24,25). The minimum absolute atomic E-state index is 0.331. The van der Waals surface area contributed by atoms with Gasteiger partial charge in [0.05, 0.1) is 13.2 Å². The number of methoxy groups -OCH3 is 1. The molecule has 156 valence electrons. The Kier molecular flexibility index (Phi) is 7.98. The van der Waals surface area contributed by atoms with Gasteiger partial charge in [-0.1, -0.05) is 12.1 Å². The number of ether oxygens (including phenoxy) is 1. The Hall–Kier alpha value is -1.79. The van der Waals surface area contributed by atoms with Gasteiger partial charge in [-0.3, -0.25) is 9.89 Å². The lowest BCUT2D eigenvalue weighted by Crippen LogP contribution is -2.46. The van der Waals surface area contributed by atoms with E-state index < -0.39 is 0 Å². The normalized spacial score (nSPS) is 22.8. The quantitative estimate of drug-likeness (QED) is 0.556. The molecule has 0 amide bonds. The highest BCUT2D eigenvalue weighted by molar-refractivity contribution is 5.79. The van der Waals surface area contributed by atoms with Gasteiger partial charge in [0.15, 0.2) is 5.96 Å². The molecule has 0 saturated carbocycles. The summed E-state index contributed by atoms with van der Waals surface area (Å²) in [6.45, 7) is 6.54. The average molecular weight is 388 g/mol. The van der Waals surface area contributed by atoms with Crippen molar-refractivity contribution in [1.82, 2.24) is 20.4 Å². The molecule has 6 nitrogen and oxygen atoms in total. The van der Waals surface area contributed by atoms with Crippen LogP contribution in [-0.2, 0) is 0 Å². The van der Waals surface area contributed by atoms with Gasteiger partial charge in [-0.25, -0.2) is 0 Å². The number of rotatable bonds is 7. The topological polar surface area (TPSA) is 52.1 Å². The van der Waals surface area contributed by atoms with Crippen molar-refractivity contribution < 1.29 is 4.74 Å². The highest BCUT2D eigenvalue weighted by Crippen LogP contribution is 2.27. The molecule has 2 N–H and O–H groups in total. The second kappa shape index (κ2) is 10.7. The number of hydrogen-bond donors (Lipinski definition) is 2. The molecule has 0 radical (unpaired) electrons. The molecule has 2 atom stereocenters. The van der Waals surface area contributed by atoms with E-state index in [1.807, 2.05) is 13.1 Å². The van der Waals surface area contributed by atoms with E-state index in [1.54, 1.807) is 7.11 Å². The lowest BCUT2D eigenvalue weighted by Gasteiger charge is -2.31. The molecule has 2 unspecified atom stereocenters. The Morgan fingerprint density at radius 2 is 2.04 bits per heavy atom. The third kappa shape index (κ3) is 5.85. The van der Waals surface area contributed by atoms with Crippen LogP contribution in [0.1, 0.15) is 37.3 Å². The molecule has 6 heteroatoms. The smallest absolute Gasteiger partial charge is 0.191 e. The van der Waals surface area contributed by atoms with E-state index in [1.165, 1.54) is 44.3 Å². The number of benzene rings is 1. The predicted octanol–water partition coefficient (Wildman–Crippen LogP) is 2.34. The molecule has 28 heavy (non-hydrogen) atoms. The fourth-order valence-electron chi connectivity index (χ4n) is 4.45. The zero-order valence-electron chi connectivity index (χ0n) is 17.8. The van der Waals surface area contributed by atoms with Crippen molar-refractivity contribution in [3.63, 3.8) is 0 Å². The Morgan fingerprint density at radius 1 is 1.21 bits per heavy atom. The molecular formula is C22H37N5O. The molecule has 2 aliphatic heterocycles. The average Bonchev–Trinajstić information content (AvgIpc) is 3.25. The first-order valence-corrected chi connectivity index (χ1v) is 10.7. The number of guanidine groups is 1. The maximum Gasteiger partial charge on any atom is 0.191 e. The largest absolute Gasteiger partial charge is 0.497 e. The van der Waals surface area contributed by atoms with Gasteiger partial charge in [0.25, 0.3) is 0 Å². The summed E-state index contributed by atoms with van der Waals surface area (Å²) in [5.74, 6) is 2.52. The molecule has 1 aromatic carbocycles. The highest BCUT2D eigenvalue weighted by atomic mass is 16.5. The van der Waals surface area contributed by atoms with Crippen LogP contribution < -0.4 is 15.4 Å². The number of hydrogen-bond acceptors (Lipinski definition) is 4. The van der Waals surface area contributed by atoms with Crippen molar-refractivity contribution in [2.45, 2.75) is 31.7 Å². The summed E-state index contributed by atoms with van der Waals surface area (Å²) in [5, 5.41) is 7.12. The predicted molar refractivity (Wildman–Crippen MR) is 116 cm³/mol. The third-order valence-electron chi connectivity index (χ3n) is 6.03. The van der Waals surface area contributed by atoms with Crippen LogP contribution in [0.4, 0.5) is 0 Å². The molecule has 3 rings (SSSR count). The summed E-state index contributed by atoms with van der Waals surface area (Å²) < 4.78 is 5.45. The first-order valence-electron chi connectivity index (χ1n) is 10.7. The van der Waals surface area contributed by atoms with Crippen LogP contribution in [0.5, 0.6) is 5.75 Å². The van der Waals surface area contributed by atoms with Gasteiger partial charge in [0, 0.05) is 26.7 Å². The van der Waals surface area contributed by atoms with Crippen LogP contribution >= 0.6 is 0 Å². The van der Waals surface area contributed by atoms with Gasteiger partial charge >= 0.3 is 0 Å². The molecule has 2 heterocycles. The van der Waals surface area contributed by atoms with E-state index in [0.29, 0.717) is 12.0 Å². The van der Waals surface area contributed by atoms with Crippen LogP contribution in [0.25, 0.3) is 0 Å². The minimum atomic E-state index is 0.331. The van der Waals surface area contributed by atoms with E-state index in [4.69, 9.17) is 4.74 Å². The second-order valence-corrected chi connectivity index (χ2v) is 8.14. The fraction of sp³-hybridized carbons (Fsp3) is 0.682. The Morgan fingerprint density at radius 3 is 2.75 bits per heavy atom. The molecule has 0 bridgehead atoms. The van der Waals surface area contributed by atoms with Gasteiger partial charge in [0.1, 0.15) is 5.75 Å². The molecule has 2 saturated heterocycles. The Balaban J connectivity index is 1.58. The number of nitrogens with one attached hydrogen (secondary N) is 2. The van der Waals surface area contributed by atoms with Gasteiger partial charge in [-0.05, 0) is 76.0 Å². The summed E-state index contributed by atoms with van der Waals surface area (Å²) >= 11 is 0. The van der Waals surface area contributed by atoms with Crippen molar-refractivity contribution in [2.24, 2.45) is 10.9 Å². The SMILES string of the molecule is CN=C(NCC1CCCN(C)C1)NCC(c1cccc(OC)c1)N1CCCC1. The lowest BCUT2D eigenvalue weighted by molar-refractivity contribution is 0.210. The van der Waals surface area contributed by atoms with Gasteiger partial charge < -0.3 is 20.3 Å². The van der Waals surface area contributed by atoms with Gasteiger partial charge in [0.2, 0.25) is 0 Å². The Bertz CT molecular complexity index is 629. The number of likely N-dealkylation sites (tertiary alicyclic amines) is 2. The van der Waals surface area contributed by atoms with E-state index in [-0.39, 0.29) is 0 Å². The molecule has 0 aliphatic carbocycles. The lowest BCUT2D eigenvalue weighted by atomic mass is 9.98. The van der Waals surface area contributed by atoms with Gasteiger partial charge in [-0.15, -0.1) is 0 Å². The van der Waals surface area contributed by atoms with Crippen molar-refractivity contribution in [3.05, 3.63) is 29.8 Å². The highest BCUT2D eigenvalue weighted by Gasteiger charge is 2.24. The second-order valence-electron chi connectivity index (χ2n) is 8.14. The maximum absolute atomic E-state index is 5.45. The van der Waals surface area contributed by atoms with Crippen LogP contribution in [0.15, 0.2) is 29.3 Å². The zero-order valence-corrected chi connectivity index (χ0v) is 17.8. The minimum Gasteiger partial charge on any atom is -0.497 e. The fourth-order valence-corrected chi connectivity index (χ4v) is 4.45. The molecule has 0 spiro atoms. The van der Waals surface area contributed by atoms with E-state index in [9.17, 15) is 0 Å². The van der Waals surface area contributed by atoms with Crippen LogP contribution in [-0.4, -0.2) is 76.2 Å². The summed E-state index contributed by atoms with van der Waals surface area (Å²) in [6, 6.07) is 8.81. The van der Waals surface area contributed by atoms with Crippen molar-refractivity contribution >= 4 is 5.96 Å². The first kappa shape index (κ1) is 20.9. The molecule has 1 aromatic rings. The Labute approximate surface area is 170 Å². The van der Waals surface area contributed by atoms with Crippen molar-refractivity contribution in [2.75, 3.05) is 60.5 Å². The van der Waals surface area contributed by atoms with E-state index >= 15 is 0 Å². The molecule has 2 fully saturated rings. The summed E-state index contributed by atoms with van der Waals surface area (Å²) in [7, 11) is 5.81. The van der Waals surface area contributed by atoms with Crippen LogP contribution in [0.3, 0.4) is 0 Å². The van der Waals surface area contributed by atoms with Crippen LogP contribution in [0, 0.1) is 5.92 Å². The zero-order chi connectivity index (χ0) is 19.8. The summed E-state index contributed by atoms with van der Waals surface area (Å²) in [5.41, 5.74) is 1.30. The summed E-state index contributed by atoms with van der Waals surface area (Å²) in [6.07, 6.45) is 5.15. The number of aliphatic imine (C=N–C) groups is 1. The van der Waals surface area contributed by atoms with Crippen LogP contribution in [0.2, 0.25) is 0 Å². The third-order valence-corrected chi connectivity index (χ3v) is 6.03. The number of piperidine rings is 1. The van der Waals surface area contributed by atoms with E-state index in [2.05, 4.69) is 50.7 Å². The monoisotopic (exact) mass is 387 g/mol. The first-order chi connectivity index (χ1) is 13.7. The number of nitrogens with zero attached hydrogens (tertiary/aromatic N) is 3. The van der Waals surface area contributed by atoms with Crippen molar-refractivity contribution in [3.8, 4) is 5.75 Å².